The summed E-state index contributed by atoms with van der Waals surface area (Å²) in [7, 11) is 0. The highest BCUT2D eigenvalue weighted by Gasteiger charge is 2.07. The highest BCUT2D eigenvalue weighted by molar-refractivity contribution is 5.92. The molecular weight excluding hydrogens is 268 g/mol. The lowest BCUT2D eigenvalue weighted by molar-refractivity contribution is -0.131. The van der Waals surface area contributed by atoms with E-state index in [1.807, 2.05) is 24.3 Å². The number of nitrogens with one attached hydrogen (secondary N) is 2. The first-order chi connectivity index (χ1) is 10.1. The minimum absolute atomic E-state index is 0.155. The molecule has 0 bridgehead atoms. The van der Waals surface area contributed by atoms with E-state index in [4.69, 9.17) is 4.74 Å². The Labute approximate surface area is 123 Å². The predicted molar refractivity (Wildman–Crippen MR) is 80.5 cm³/mol. The van der Waals surface area contributed by atoms with Crippen LogP contribution in [0.15, 0.2) is 60.5 Å². The molecule has 2 N–H and O–H groups in total. The van der Waals surface area contributed by atoms with Crippen molar-refractivity contribution in [3.63, 3.8) is 0 Å². The first-order valence-electron chi connectivity index (χ1n) is 6.51. The number of amides is 1. The standard InChI is InChI=1S/C16H16N2O3/c1-12(19)21-15-8-5-7-14(10-15)18-16(20)11-13-6-3-2-4-9-17-13/h2-10,17H,11H2,1H3,(H,18,20). The van der Waals surface area contributed by atoms with E-state index in [0.717, 1.165) is 5.70 Å². The van der Waals surface area contributed by atoms with Crippen LogP contribution in [0.1, 0.15) is 13.3 Å². The van der Waals surface area contributed by atoms with Gasteiger partial charge in [-0.15, -0.1) is 0 Å². The van der Waals surface area contributed by atoms with Gasteiger partial charge in [-0.05, 0) is 24.3 Å². The Morgan fingerprint density at radius 3 is 2.90 bits per heavy atom. The minimum atomic E-state index is -0.398. The fourth-order valence-electron chi connectivity index (χ4n) is 1.79. The molecule has 0 saturated heterocycles. The monoisotopic (exact) mass is 284 g/mol. The molecule has 0 unspecified atom stereocenters. The second kappa shape index (κ2) is 7.09. The van der Waals surface area contributed by atoms with Crippen LogP contribution in [0, 0.1) is 0 Å². The lowest BCUT2D eigenvalue weighted by Gasteiger charge is -2.09. The van der Waals surface area contributed by atoms with Crippen LogP contribution in [0.5, 0.6) is 5.75 Å². The van der Waals surface area contributed by atoms with Gasteiger partial charge in [-0.3, -0.25) is 9.59 Å². The minimum Gasteiger partial charge on any atom is -0.427 e. The van der Waals surface area contributed by atoms with Crippen LogP contribution < -0.4 is 15.4 Å². The zero-order chi connectivity index (χ0) is 15.1. The number of ether oxygens (including phenoxy) is 1. The lowest BCUT2D eigenvalue weighted by Crippen LogP contribution is -2.16. The van der Waals surface area contributed by atoms with Crippen LogP contribution >= 0.6 is 0 Å². The predicted octanol–water partition coefficient (Wildman–Crippen LogP) is 2.50. The molecule has 5 nitrogen and oxygen atoms in total. The summed E-state index contributed by atoms with van der Waals surface area (Å²) in [5.41, 5.74) is 1.38. The molecule has 5 heteroatoms. The molecule has 0 fully saturated rings. The van der Waals surface area contributed by atoms with Gasteiger partial charge in [0.15, 0.2) is 0 Å². The number of hydrogen-bond acceptors (Lipinski definition) is 4. The lowest BCUT2D eigenvalue weighted by atomic mass is 10.2. The van der Waals surface area contributed by atoms with Crippen molar-refractivity contribution in [2.24, 2.45) is 0 Å². The first-order valence-corrected chi connectivity index (χ1v) is 6.51. The fraction of sp³-hybridized carbons (Fsp3) is 0.125. The van der Waals surface area contributed by atoms with E-state index >= 15 is 0 Å². The number of carbonyl (C=O) groups is 2. The Balaban J connectivity index is 1.96. The summed E-state index contributed by atoms with van der Waals surface area (Å²) in [6.45, 7) is 1.33. The average molecular weight is 284 g/mol. The van der Waals surface area contributed by atoms with E-state index in [1.54, 1.807) is 30.5 Å². The van der Waals surface area contributed by atoms with Gasteiger partial charge in [-0.1, -0.05) is 18.2 Å². The van der Waals surface area contributed by atoms with Crippen molar-refractivity contribution in [1.29, 1.82) is 0 Å². The van der Waals surface area contributed by atoms with E-state index in [0.29, 0.717) is 11.4 Å². The molecule has 21 heavy (non-hydrogen) atoms. The summed E-state index contributed by atoms with van der Waals surface area (Å²) in [6.07, 6.45) is 9.43. The molecule has 0 saturated carbocycles. The Bertz CT molecular complexity index is 630. The van der Waals surface area contributed by atoms with Crippen molar-refractivity contribution < 1.29 is 14.3 Å². The van der Waals surface area contributed by atoms with E-state index in [1.165, 1.54) is 6.92 Å². The van der Waals surface area contributed by atoms with Crippen LogP contribution in [-0.2, 0) is 9.59 Å². The molecule has 1 amide bonds. The molecule has 0 spiro atoms. The van der Waals surface area contributed by atoms with E-state index in [9.17, 15) is 9.59 Å². The van der Waals surface area contributed by atoms with Crippen LogP contribution in [0.4, 0.5) is 5.69 Å². The zero-order valence-corrected chi connectivity index (χ0v) is 11.6. The molecule has 108 valence electrons. The van der Waals surface area contributed by atoms with Crippen LogP contribution in [0.25, 0.3) is 0 Å². The van der Waals surface area contributed by atoms with E-state index in [-0.39, 0.29) is 12.3 Å². The maximum absolute atomic E-state index is 12.0. The number of benzene rings is 1. The summed E-state index contributed by atoms with van der Waals surface area (Å²) < 4.78 is 4.97. The molecule has 0 atom stereocenters. The van der Waals surface area contributed by atoms with Crippen LogP contribution in [-0.4, -0.2) is 11.9 Å². The maximum Gasteiger partial charge on any atom is 0.308 e. The Morgan fingerprint density at radius 1 is 1.24 bits per heavy atom. The average Bonchev–Trinajstić information content (AvgIpc) is 2.66. The smallest absolute Gasteiger partial charge is 0.308 e. The third-order valence-corrected chi connectivity index (χ3v) is 2.61. The molecule has 1 aromatic carbocycles. The van der Waals surface area contributed by atoms with Gasteiger partial charge in [-0.25, -0.2) is 0 Å². The highest BCUT2D eigenvalue weighted by atomic mass is 16.5. The van der Waals surface area contributed by atoms with Gasteiger partial charge >= 0.3 is 5.97 Å². The quantitative estimate of drug-likeness (QED) is 0.658. The Hall–Kier alpha value is -2.82. The zero-order valence-electron chi connectivity index (χ0n) is 11.6. The third kappa shape index (κ3) is 4.99. The number of anilines is 1. The third-order valence-electron chi connectivity index (χ3n) is 2.61. The van der Waals surface area contributed by atoms with Crippen molar-refractivity contribution in [1.82, 2.24) is 5.32 Å². The summed E-state index contributed by atoms with van der Waals surface area (Å²) in [5, 5.41) is 5.79. The number of carbonyl (C=O) groups excluding carboxylic acids is 2. The molecule has 1 aromatic rings. The van der Waals surface area contributed by atoms with Crippen molar-refractivity contribution in [2.45, 2.75) is 13.3 Å². The topological polar surface area (TPSA) is 67.4 Å². The first kappa shape index (κ1) is 14.6. The number of allylic oxidation sites excluding steroid dienone is 4. The molecule has 1 aliphatic heterocycles. The summed E-state index contributed by atoms with van der Waals surface area (Å²) in [5.74, 6) is -0.153. The molecule has 0 aromatic heterocycles. The molecule has 1 aliphatic rings. The Morgan fingerprint density at radius 2 is 2.10 bits per heavy atom. The van der Waals surface area contributed by atoms with Crippen molar-refractivity contribution in [3.8, 4) is 5.75 Å². The number of esters is 1. The second-order valence-electron chi connectivity index (χ2n) is 4.43. The normalized spacial score (nSPS) is 12.9. The molecule has 0 aliphatic carbocycles. The largest absolute Gasteiger partial charge is 0.427 e. The van der Waals surface area contributed by atoms with Crippen molar-refractivity contribution in [2.75, 3.05) is 5.32 Å². The highest BCUT2D eigenvalue weighted by Crippen LogP contribution is 2.18. The summed E-state index contributed by atoms with van der Waals surface area (Å²) in [4.78, 5) is 22.9. The van der Waals surface area contributed by atoms with Gasteiger partial charge in [0.25, 0.3) is 0 Å². The number of hydrogen-bond donors (Lipinski definition) is 2. The van der Waals surface area contributed by atoms with Crippen molar-refractivity contribution >= 4 is 17.6 Å². The van der Waals surface area contributed by atoms with Gasteiger partial charge in [-0.2, -0.15) is 0 Å². The summed E-state index contributed by atoms with van der Waals surface area (Å²) >= 11 is 0. The van der Waals surface area contributed by atoms with Gasteiger partial charge in [0.05, 0.1) is 6.42 Å². The van der Waals surface area contributed by atoms with E-state index in [2.05, 4.69) is 10.6 Å². The van der Waals surface area contributed by atoms with E-state index < -0.39 is 5.97 Å². The van der Waals surface area contributed by atoms with Crippen LogP contribution in [0.3, 0.4) is 0 Å². The van der Waals surface area contributed by atoms with Gasteiger partial charge in [0.1, 0.15) is 5.75 Å². The SMILES string of the molecule is CC(=O)Oc1cccc(NC(=O)CC2=CC=CC=CN2)c1. The van der Waals surface area contributed by atoms with Crippen LogP contribution in [0.2, 0.25) is 0 Å². The Kier molecular flexibility index (Phi) is 4.93. The van der Waals surface area contributed by atoms with Gasteiger partial charge in [0, 0.05) is 30.6 Å². The molecule has 1 heterocycles. The molecule has 0 radical (unpaired) electrons. The second-order valence-corrected chi connectivity index (χ2v) is 4.43. The summed E-state index contributed by atoms with van der Waals surface area (Å²) in [6, 6.07) is 6.71. The fourth-order valence-corrected chi connectivity index (χ4v) is 1.79. The van der Waals surface area contributed by atoms with Gasteiger partial charge < -0.3 is 15.4 Å². The maximum atomic E-state index is 12.0. The van der Waals surface area contributed by atoms with Gasteiger partial charge in [0.2, 0.25) is 5.91 Å². The molecule has 2 rings (SSSR count). The van der Waals surface area contributed by atoms with Crippen molar-refractivity contribution in [3.05, 3.63) is 60.5 Å². The molecular formula is C16H16N2O3. The number of rotatable bonds is 4.